The summed E-state index contributed by atoms with van der Waals surface area (Å²) in [6.45, 7) is 0.186. The lowest BCUT2D eigenvalue weighted by molar-refractivity contribution is -0.139. The zero-order valence-corrected chi connectivity index (χ0v) is 13.1. The van der Waals surface area contributed by atoms with Gasteiger partial charge in [-0.2, -0.15) is 0 Å². The van der Waals surface area contributed by atoms with Gasteiger partial charge in [0.1, 0.15) is 12.3 Å². The van der Waals surface area contributed by atoms with Crippen molar-refractivity contribution in [2.24, 2.45) is 0 Å². The van der Waals surface area contributed by atoms with Gasteiger partial charge in [0.25, 0.3) is 0 Å². The largest absolute Gasteiger partial charge is 0.456 e. The fourth-order valence-electron chi connectivity index (χ4n) is 2.11. The number of rotatable bonds is 2. The lowest BCUT2D eigenvalue weighted by Crippen LogP contribution is -2.13. The number of carbonyl (C=O) groups is 2. The quantitative estimate of drug-likeness (QED) is 0.506. The van der Waals surface area contributed by atoms with Gasteiger partial charge < -0.3 is 10.1 Å². The SMILES string of the molecule is O=C1OCc2ccccc2N/C1=C\C(=O)c1ccc(Br)cc1. The summed E-state index contributed by atoms with van der Waals surface area (Å²) in [6, 6.07) is 14.4. The molecule has 1 heterocycles. The first-order valence-electron chi connectivity index (χ1n) is 6.67. The van der Waals surface area contributed by atoms with Crippen molar-refractivity contribution in [3.8, 4) is 0 Å². The molecule has 2 aromatic carbocycles. The highest BCUT2D eigenvalue weighted by Gasteiger charge is 2.19. The Morgan fingerprint density at radius 2 is 1.86 bits per heavy atom. The van der Waals surface area contributed by atoms with Crippen molar-refractivity contribution in [3.05, 3.63) is 75.9 Å². The number of halogens is 1. The van der Waals surface area contributed by atoms with E-state index in [2.05, 4.69) is 21.2 Å². The Balaban J connectivity index is 1.90. The molecule has 5 heteroatoms. The second kappa shape index (κ2) is 6.15. The minimum absolute atomic E-state index is 0.137. The third kappa shape index (κ3) is 3.09. The number of ether oxygens (including phenoxy) is 1. The van der Waals surface area contributed by atoms with Crippen molar-refractivity contribution < 1.29 is 14.3 Å². The van der Waals surface area contributed by atoms with E-state index < -0.39 is 5.97 Å². The second-order valence-corrected chi connectivity index (χ2v) is 5.70. The van der Waals surface area contributed by atoms with E-state index in [1.807, 2.05) is 24.3 Å². The molecule has 0 amide bonds. The molecule has 110 valence electrons. The van der Waals surface area contributed by atoms with Crippen LogP contribution in [0.1, 0.15) is 15.9 Å². The minimum Gasteiger partial charge on any atom is -0.456 e. The van der Waals surface area contributed by atoms with Crippen molar-refractivity contribution in [1.82, 2.24) is 0 Å². The molecule has 1 aliphatic rings. The van der Waals surface area contributed by atoms with Gasteiger partial charge in [0.2, 0.25) is 0 Å². The van der Waals surface area contributed by atoms with Gasteiger partial charge in [-0.1, -0.05) is 34.1 Å². The predicted octanol–water partition coefficient (Wildman–Crippen LogP) is 3.68. The van der Waals surface area contributed by atoms with Crippen LogP contribution in [-0.4, -0.2) is 11.8 Å². The number of hydrogen-bond acceptors (Lipinski definition) is 4. The monoisotopic (exact) mass is 357 g/mol. The van der Waals surface area contributed by atoms with Gasteiger partial charge in [-0.15, -0.1) is 0 Å². The van der Waals surface area contributed by atoms with Crippen LogP contribution in [0.3, 0.4) is 0 Å². The Kier molecular flexibility index (Phi) is 4.06. The van der Waals surface area contributed by atoms with Crippen LogP contribution in [0.4, 0.5) is 5.69 Å². The molecule has 0 fully saturated rings. The van der Waals surface area contributed by atoms with Gasteiger partial charge in [0, 0.05) is 27.4 Å². The Labute approximate surface area is 135 Å². The summed E-state index contributed by atoms with van der Waals surface area (Å²) in [5, 5.41) is 2.98. The van der Waals surface area contributed by atoms with Crippen LogP contribution in [0.15, 0.2) is 64.8 Å². The van der Waals surface area contributed by atoms with Gasteiger partial charge in [-0.25, -0.2) is 4.79 Å². The number of para-hydroxylation sites is 1. The van der Waals surface area contributed by atoms with Crippen molar-refractivity contribution >= 4 is 33.4 Å². The van der Waals surface area contributed by atoms with E-state index in [1.165, 1.54) is 6.08 Å². The third-order valence-corrected chi connectivity index (χ3v) is 3.80. The predicted molar refractivity (Wildman–Crippen MR) is 86.4 cm³/mol. The highest BCUT2D eigenvalue weighted by atomic mass is 79.9. The zero-order chi connectivity index (χ0) is 15.5. The molecule has 1 N–H and O–H groups in total. The number of cyclic esters (lactones) is 1. The van der Waals surface area contributed by atoms with Crippen LogP contribution in [0.5, 0.6) is 0 Å². The molecule has 4 nitrogen and oxygen atoms in total. The van der Waals surface area contributed by atoms with Crippen LogP contribution in [-0.2, 0) is 16.1 Å². The summed E-state index contributed by atoms with van der Waals surface area (Å²) in [4.78, 5) is 24.2. The molecule has 0 atom stereocenters. The maximum Gasteiger partial charge on any atom is 0.355 e. The molecule has 22 heavy (non-hydrogen) atoms. The maximum atomic E-state index is 12.3. The molecule has 0 radical (unpaired) electrons. The molecule has 0 saturated carbocycles. The van der Waals surface area contributed by atoms with Crippen LogP contribution < -0.4 is 5.32 Å². The van der Waals surface area contributed by atoms with E-state index >= 15 is 0 Å². The minimum atomic E-state index is -0.540. The number of allylic oxidation sites excluding steroid dienone is 1. The number of hydrogen-bond donors (Lipinski definition) is 1. The summed E-state index contributed by atoms with van der Waals surface area (Å²) < 4.78 is 6.06. The molecule has 0 aromatic heterocycles. The van der Waals surface area contributed by atoms with Crippen LogP contribution in [0, 0.1) is 0 Å². The number of benzene rings is 2. The van der Waals surface area contributed by atoms with E-state index in [4.69, 9.17) is 4.74 Å². The maximum absolute atomic E-state index is 12.3. The fraction of sp³-hybridized carbons (Fsp3) is 0.0588. The van der Waals surface area contributed by atoms with Gasteiger partial charge >= 0.3 is 5.97 Å². The summed E-state index contributed by atoms with van der Waals surface area (Å²) in [5.74, 6) is -0.798. The summed E-state index contributed by atoms with van der Waals surface area (Å²) in [6.07, 6.45) is 1.27. The molecule has 1 aliphatic heterocycles. The molecule has 2 aromatic rings. The Morgan fingerprint density at radius 1 is 1.14 bits per heavy atom. The standard InChI is InChI=1S/C17H12BrNO3/c18-13-7-5-11(6-8-13)16(20)9-15-17(21)22-10-12-3-1-2-4-14(12)19-15/h1-9,19H,10H2/b15-9-. The van der Waals surface area contributed by atoms with E-state index in [9.17, 15) is 9.59 Å². The van der Waals surface area contributed by atoms with Crippen LogP contribution >= 0.6 is 15.9 Å². The van der Waals surface area contributed by atoms with Gasteiger partial charge in [-0.3, -0.25) is 4.79 Å². The number of esters is 1. The summed E-state index contributed by atoms with van der Waals surface area (Å²) >= 11 is 3.32. The Hall–Kier alpha value is -2.40. The van der Waals surface area contributed by atoms with Crippen molar-refractivity contribution in [3.63, 3.8) is 0 Å². The first-order chi connectivity index (χ1) is 10.6. The highest BCUT2D eigenvalue weighted by Crippen LogP contribution is 2.22. The van der Waals surface area contributed by atoms with Gasteiger partial charge in [0.15, 0.2) is 5.78 Å². The molecule has 0 bridgehead atoms. The fourth-order valence-corrected chi connectivity index (χ4v) is 2.37. The average molecular weight is 358 g/mol. The lowest BCUT2D eigenvalue weighted by atomic mass is 10.1. The molecular formula is C17H12BrNO3. The van der Waals surface area contributed by atoms with Crippen molar-refractivity contribution in [1.29, 1.82) is 0 Å². The van der Waals surface area contributed by atoms with E-state index in [0.717, 1.165) is 15.7 Å². The average Bonchev–Trinajstić information content (AvgIpc) is 2.68. The number of nitrogens with one attached hydrogen (secondary N) is 1. The number of ketones is 1. The van der Waals surface area contributed by atoms with Gasteiger partial charge in [0.05, 0.1) is 0 Å². The smallest absolute Gasteiger partial charge is 0.355 e. The molecule has 0 unspecified atom stereocenters. The summed E-state index contributed by atoms with van der Waals surface area (Å²) in [5.41, 5.74) is 2.28. The highest BCUT2D eigenvalue weighted by molar-refractivity contribution is 9.10. The first kappa shape index (κ1) is 14.5. The van der Waals surface area contributed by atoms with Crippen molar-refractivity contribution in [2.45, 2.75) is 6.61 Å². The summed E-state index contributed by atoms with van der Waals surface area (Å²) in [7, 11) is 0. The second-order valence-electron chi connectivity index (χ2n) is 4.79. The zero-order valence-electron chi connectivity index (χ0n) is 11.5. The molecular weight excluding hydrogens is 346 g/mol. The van der Waals surface area contributed by atoms with Crippen LogP contribution in [0.25, 0.3) is 0 Å². The van der Waals surface area contributed by atoms with Gasteiger partial charge in [-0.05, 0) is 30.3 Å². The molecule has 0 saturated heterocycles. The molecule has 0 aliphatic carbocycles. The normalized spacial score (nSPS) is 15.5. The number of anilines is 1. The Bertz CT molecular complexity index is 766. The topological polar surface area (TPSA) is 55.4 Å². The van der Waals surface area contributed by atoms with E-state index in [1.54, 1.807) is 24.3 Å². The van der Waals surface area contributed by atoms with E-state index in [-0.39, 0.29) is 18.1 Å². The number of fused-ring (bicyclic) bond motifs is 1. The molecule has 0 spiro atoms. The Morgan fingerprint density at radius 3 is 2.64 bits per heavy atom. The van der Waals surface area contributed by atoms with Crippen molar-refractivity contribution in [2.75, 3.05) is 5.32 Å². The van der Waals surface area contributed by atoms with Crippen LogP contribution in [0.2, 0.25) is 0 Å². The first-order valence-corrected chi connectivity index (χ1v) is 7.46. The van der Waals surface area contributed by atoms with E-state index in [0.29, 0.717) is 5.56 Å². The third-order valence-electron chi connectivity index (χ3n) is 3.27. The number of carbonyl (C=O) groups excluding carboxylic acids is 2. The lowest BCUT2D eigenvalue weighted by Gasteiger charge is -2.06. The molecule has 3 rings (SSSR count).